The number of nitrogens with zero attached hydrogens (tertiary/aromatic N) is 4. The maximum absolute atomic E-state index is 12.8. The lowest BCUT2D eigenvalue weighted by molar-refractivity contribution is 0.0591. The highest BCUT2D eigenvalue weighted by Gasteiger charge is 2.36. The number of benzene rings is 1. The average Bonchev–Trinajstić information content (AvgIpc) is 3.25. The quantitative estimate of drug-likeness (QED) is 0.429. The Labute approximate surface area is 227 Å². The van der Waals surface area contributed by atoms with Gasteiger partial charge in [0.25, 0.3) is 5.91 Å². The molecule has 8 heteroatoms. The topological polar surface area (TPSA) is 99.4 Å². The summed E-state index contributed by atoms with van der Waals surface area (Å²) in [6.07, 6.45) is 16.7. The largest absolute Gasteiger partial charge is 0.399 e. The van der Waals surface area contributed by atoms with Gasteiger partial charge in [0, 0.05) is 55.2 Å². The van der Waals surface area contributed by atoms with Crippen molar-refractivity contribution >= 4 is 23.4 Å². The van der Waals surface area contributed by atoms with Crippen LogP contribution in [0.3, 0.4) is 0 Å². The first kappa shape index (κ1) is 26.7. The molecular weight excluding hydrogens is 474 g/mol. The van der Waals surface area contributed by atoms with Crippen molar-refractivity contribution in [1.29, 1.82) is 0 Å². The van der Waals surface area contributed by atoms with Crippen molar-refractivity contribution in [2.45, 2.75) is 95.2 Å². The van der Waals surface area contributed by atoms with Crippen LogP contribution in [0.2, 0.25) is 0 Å². The molecule has 1 aliphatic carbocycles. The van der Waals surface area contributed by atoms with E-state index in [0.717, 1.165) is 44.2 Å². The average molecular weight is 520 g/mol. The number of nitrogens with one attached hydrogen (secondary N) is 2. The minimum Gasteiger partial charge on any atom is -0.399 e. The molecule has 0 radical (unpaired) electrons. The summed E-state index contributed by atoms with van der Waals surface area (Å²) in [4.78, 5) is 27.5. The zero-order valence-electron chi connectivity index (χ0n) is 22.8. The van der Waals surface area contributed by atoms with Crippen molar-refractivity contribution in [2.24, 2.45) is 0 Å². The number of nitrogen functional groups attached to an aromatic ring is 1. The molecule has 0 spiro atoms. The lowest BCUT2D eigenvalue weighted by Crippen LogP contribution is -2.56. The minimum absolute atomic E-state index is 0.0389. The van der Waals surface area contributed by atoms with Gasteiger partial charge >= 0.3 is 0 Å². The summed E-state index contributed by atoms with van der Waals surface area (Å²) < 4.78 is 0. The van der Waals surface area contributed by atoms with Gasteiger partial charge in [-0.2, -0.15) is 4.98 Å². The van der Waals surface area contributed by atoms with E-state index in [1.807, 2.05) is 6.20 Å². The lowest BCUT2D eigenvalue weighted by Gasteiger charge is -2.47. The van der Waals surface area contributed by atoms with E-state index in [9.17, 15) is 4.79 Å². The number of aromatic nitrogens is 2. The van der Waals surface area contributed by atoms with Gasteiger partial charge in [-0.15, -0.1) is 0 Å². The number of amides is 1. The van der Waals surface area contributed by atoms with Gasteiger partial charge in [-0.1, -0.05) is 32.1 Å². The van der Waals surface area contributed by atoms with Gasteiger partial charge in [0.2, 0.25) is 5.95 Å². The Balaban J connectivity index is 1.27. The third-order valence-corrected chi connectivity index (χ3v) is 8.65. The van der Waals surface area contributed by atoms with Gasteiger partial charge in [0.15, 0.2) is 0 Å². The van der Waals surface area contributed by atoms with Crippen LogP contribution in [0, 0.1) is 0 Å². The molecule has 2 atom stereocenters. The van der Waals surface area contributed by atoms with E-state index in [4.69, 9.17) is 10.7 Å². The number of carbonyl (C=O) groups excluding carboxylic acids is 1. The Morgan fingerprint density at radius 3 is 2.39 bits per heavy atom. The number of piperidine rings is 1. The third kappa shape index (κ3) is 6.95. The molecule has 2 saturated heterocycles. The molecule has 38 heavy (non-hydrogen) atoms. The first-order valence-corrected chi connectivity index (χ1v) is 14.9. The molecule has 8 nitrogen and oxygen atoms in total. The predicted octanol–water partition coefficient (Wildman–Crippen LogP) is 4.84. The number of carbonyl (C=O) groups is 1. The molecule has 3 heterocycles. The summed E-state index contributed by atoms with van der Waals surface area (Å²) in [7, 11) is 0. The van der Waals surface area contributed by atoms with E-state index in [1.165, 1.54) is 64.2 Å². The molecule has 3 aliphatic rings. The molecule has 5 rings (SSSR count). The molecule has 1 aromatic heterocycles. The lowest BCUT2D eigenvalue weighted by atomic mass is 9.87. The molecule has 206 valence electrons. The van der Waals surface area contributed by atoms with E-state index in [2.05, 4.69) is 31.5 Å². The second-order valence-electron chi connectivity index (χ2n) is 11.3. The van der Waals surface area contributed by atoms with Crippen LogP contribution in [0.1, 0.15) is 87.4 Å². The summed E-state index contributed by atoms with van der Waals surface area (Å²) in [5.41, 5.74) is 7.11. The molecule has 2 aromatic rings. The zero-order valence-corrected chi connectivity index (χ0v) is 22.8. The maximum Gasteiger partial charge on any atom is 0.251 e. The van der Waals surface area contributed by atoms with Crippen LogP contribution >= 0.6 is 0 Å². The summed E-state index contributed by atoms with van der Waals surface area (Å²) in [6.45, 7) is 3.93. The molecule has 0 bridgehead atoms. The van der Waals surface area contributed by atoms with E-state index >= 15 is 0 Å². The zero-order chi connectivity index (χ0) is 26.2. The van der Waals surface area contributed by atoms with Crippen LogP contribution in [0.25, 0.3) is 0 Å². The van der Waals surface area contributed by atoms with Gasteiger partial charge in [-0.3, -0.25) is 9.69 Å². The van der Waals surface area contributed by atoms with Crippen LogP contribution in [-0.4, -0.2) is 65.1 Å². The van der Waals surface area contributed by atoms with Crippen molar-refractivity contribution < 1.29 is 4.79 Å². The molecular formula is C30H45N7O. The Morgan fingerprint density at radius 1 is 0.895 bits per heavy atom. The van der Waals surface area contributed by atoms with Crippen LogP contribution in [0.15, 0.2) is 36.5 Å². The van der Waals surface area contributed by atoms with Crippen molar-refractivity contribution in [3.8, 4) is 0 Å². The number of anilines is 3. The first-order chi connectivity index (χ1) is 18.7. The van der Waals surface area contributed by atoms with Crippen LogP contribution < -0.4 is 21.3 Å². The van der Waals surface area contributed by atoms with Gasteiger partial charge in [-0.05, 0) is 81.8 Å². The number of likely N-dealkylation sites (tertiary alicyclic amines) is 1. The van der Waals surface area contributed by atoms with Crippen LogP contribution in [-0.2, 0) is 0 Å². The summed E-state index contributed by atoms with van der Waals surface area (Å²) >= 11 is 0. The monoisotopic (exact) mass is 519 g/mol. The first-order valence-electron chi connectivity index (χ1n) is 14.9. The van der Waals surface area contributed by atoms with E-state index in [-0.39, 0.29) is 11.9 Å². The smallest absolute Gasteiger partial charge is 0.251 e. The van der Waals surface area contributed by atoms with Crippen molar-refractivity contribution in [2.75, 3.05) is 42.1 Å². The summed E-state index contributed by atoms with van der Waals surface area (Å²) in [5.74, 6) is 1.73. The van der Waals surface area contributed by atoms with Gasteiger partial charge < -0.3 is 21.3 Å². The highest BCUT2D eigenvalue weighted by atomic mass is 16.1. The molecule has 1 aromatic carbocycles. The fourth-order valence-corrected chi connectivity index (χ4v) is 6.62. The molecule has 2 unspecified atom stereocenters. The predicted molar refractivity (Wildman–Crippen MR) is 155 cm³/mol. The standard InChI is InChI=1S/C30H45N7O/c31-24-14-12-23(13-15-24)29(38)32-18-16-27-26(11-8-22-37(27)25-9-4-3-5-10-25)34-30-33-19-17-28(35-30)36-20-6-1-2-7-21-36/h12-15,17,19,25-27H,1-11,16,18,20-22,31H2,(H,32,38)(H,33,34,35). The second-order valence-corrected chi connectivity index (χ2v) is 11.3. The van der Waals surface area contributed by atoms with Crippen LogP contribution in [0.4, 0.5) is 17.5 Å². The maximum atomic E-state index is 12.8. The van der Waals surface area contributed by atoms with Crippen molar-refractivity contribution in [3.05, 3.63) is 42.1 Å². The third-order valence-electron chi connectivity index (χ3n) is 8.65. The van der Waals surface area contributed by atoms with Gasteiger partial charge in [0.05, 0.1) is 0 Å². The fraction of sp³-hybridized carbons (Fsp3) is 0.633. The molecule has 1 amide bonds. The highest BCUT2D eigenvalue weighted by Crippen LogP contribution is 2.31. The summed E-state index contributed by atoms with van der Waals surface area (Å²) in [5, 5.41) is 6.91. The van der Waals surface area contributed by atoms with Crippen molar-refractivity contribution in [3.63, 3.8) is 0 Å². The second kappa shape index (κ2) is 13.3. The van der Waals surface area contributed by atoms with E-state index < -0.39 is 0 Å². The van der Waals surface area contributed by atoms with Gasteiger partial charge in [0.1, 0.15) is 5.82 Å². The molecule has 1 saturated carbocycles. The Kier molecular flexibility index (Phi) is 9.33. The SMILES string of the molecule is Nc1ccc(C(=O)NCCC2C(Nc3nccc(N4CCCCCC4)n3)CCCN2C2CCCCC2)cc1. The summed E-state index contributed by atoms with van der Waals surface area (Å²) in [6, 6.07) is 10.4. The molecule has 3 fully saturated rings. The fourth-order valence-electron chi connectivity index (χ4n) is 6.62. The van der Waals surface area contributed by atoms with Gasteiger partial charge in [-0.25, -0.2) is 4.98 Å². The Bertz CT molecular complexity index is 1020. The van der Waals surface area contributed by atoms with E-state index in [0.29, 0.717) is 29.9 Å². The molecule has 4 N–H and O–H groups in total. The van der Waals surface area contributed by atoms with Crippen LogP contribution in [0.5, 0.6) is 0 Å². The highest BCUT2D eigenvalue weighted by molar-refractivity contribution is 5.94. The van der Waals surface area contributed by atoms with E-state index in [1.54, 1.807) is 24.3 Å². The Hall–Kier alpha value is -2.87. The number of nitrogens with two attached hydrogens (primary N) is 1. The molecule has 2 aliphatic heterocycles. The Morgan fingerprint density at radius 2 is 1.63 bits per heavy atom. The van der Waals surface area contributed by atoms with Crippen molar-refractivity contribution in [1.82, 2.24) is 20.2 Å². The normalized spacial score (nSPS) is 23.5. The number of hydrogen-bond acceptors (Lipinski definition) is 7. The number of rotatable bonds is 8. The minimum atomic E-state index is -0.0389. The number of hydrogen-bond donors (Lipinski definition) is 3.